The van der Waals surface area contributed by atoms with Crippen molar-refractivity contribution in [3.63, 3.8) is 0 Å². The smallest absolute Gasteiger partial charge is 0.228 e. The van der Waals surface area contributed by atoms with Crippen LogP contribution in [0.15, 0.2) is 0 Å². The second kappa shape index (κ2) is 4.44. The van der Waals surface area contributed by atoms with Gasteiger partial charge in [-0.1, -0.05) is 0 Å². The van der Waals surface area contributed by atoms with Gasteiger partial charge in [0.15, 0.2) is 0 Å². The predicted octanol–water partition coefficient (Wildman–Crippen LogP) is 0.770. The predicted molar refractivity (Wildman–Crippen MR) is 60.7 cm³/mol. The summed E-state index contributed by atoms with van der Waals surface area (Å²) in [5, 5.41) is 2.73. The number of amides is 2. The molecule has 1 heterocycles. The first-order valence-corrected chi connectivity index (χ1v) is 6.15. The summed E-state index contributed by atoms with van der Waals surface area (Å²) in [5.74, 6) is 0.735. The van der Waals surface area contributed by atoms with Crippen LogP contribution in [0, 0.1) is 11.8 Å². The molecule has 2 rings (SSSR count). The molecule has 4 heteroatoms. The highest BCUT2D eigenvalue weighted by molar-refractivity contribution is 5.89. The van der Waals surface area contributed by atoms with Gasteiger partial charge >= 0.3 is 0 Å². The van der Waals surface area contributed by atoms with Gasteiger partial charge in [-0.2, -0.15) is 0 Å². The third-order valence-electron chi connectivity index (χ3n) is 3.38. The van der Waals surface area contributed by atoms with Gasteiger partial charge in [-0.15, -0.1) is 0 Å². The first kappa shape index (κ1) is 11.4. The molecule has 1 aliphatic carbocycles. The van der Waals surface area contributed by atoms with E-state index < -0.39 is 0 Å². The van der Waals surface area contributed by atoms with Crippen molar-refractivity contribution in [3.8, 4) is 0 Å². The summed E-state index contributed by atoms with van der Waals surface area (Å²) in [6.07, 6.45) is 2.86. The zero-order chi connectivity index (χ0) is 11.7. The van der Waals surface area contributed by atoms with Crippen molar-refractivity contribution >= 4 is 11.8 Å². The molecule has 1 N–H and O–H groups in total. The van der Waals surface area contributed by atoms with E-state index in [0.717, 1.165) is 6.54 Å². The standard InChI is InChI=1S/C12H20N2O2/c1-8(2)14(7-9-3-4-9)12(16)10-5-11(15)13-6-10/h8-10H,3-7H2,1-2H3,(H,13,15). The van der Waals surface area contributed by atoms with E-state index >= 15 is 0 Å². The maximum absolute atomic E-state index is 12.2. The average Bonchev–Trinajstić information content (AvgIpc) is 2.95. The van der Waals surface area contributed by atoms with Crippen LogP contribution in [-0.2, 0) is 9.59 Å². The molecule has 4 nitrogen and oxygen atoms in total. The highest BCUT2D eigenvalue weighted by Gasteiger charge is 2.35. The Hall–Kier alpha value is -1.06. The zero-order valence-electron chi connectivity index (χ0n) is 10.0. The lowest BCUT2D eigenvalue weighted by Gasteiger charge is -2.29. The van der Waals surface area contributed by atoms with Crippen molar-refractivity contribution in [1.29, 1.82) is 0 Å². The highest BCUT2D eigenvalue weighted by Crippen LogP contribution is 2.31. The molecule has 1 unspecified atom stereocenters. The molecule has 0 radical (unpaired) electrons. The molecule has 1 atom stereocenters. The van der Waals surface area contributed by atoms with E-state index in [0.29, 0.717) is 18.9 Å². The zero-order valence-corrected chi connectivity index (χ0v) is 10.0. The summed E-state index contributed by atoms with van der Waals surface area (Å²) in [6, 6.07) is 0.240. The van der Waals surface area contributed by atoms with Crippen LogP contribution in [0.3, 0.4) is 0 Å². The summed E-state index contributed by atoms with van der Waals surface area (Å²) in [6.45, 7) is 5.49. The lowest BCUT2D eigenvalue weighted by atomic mass is 10.1. The third kappa shape index (κ3) is 2.54. The number of nitrogens with one attached hydrogen (secondary N) is 1. The maximum Gasteiger partial charge on any atom is 0.228 e. The van der Waals surface area contributed by atoms with E-state index in [2.05, 4.69) is 5.32 Å². The molecular weight excluding hydrogens is 204 g/mol. The Balaban J connectivity index is 1.95. The summed E-state index contributed by atoms with van der Waals surface area (Å²) in [5.41, 5.74) is 0. The lowest BCUT2D eigenvalue weighted by molar-refractivity contribution is -0.137. The first-order chi connectivity index (χ1) is 7.58. The average molecular weight is 224 g/mol. The quantitative estimate of drug-likeness (QED) is 0.766. The molecule has 0 aromatic rings. The molecule has 1 saturated heterocycles. The minimum atomic E-state index is -0.131. The van der Waals surface area contributed by atoms with Gasteiger partial charge in [0.2, 0.25) is 11.8 Å². The molecule has 2 fully saturated rings. The number of hydrogen-bond acceptors (Lipinski definition) is 2. The van der Waals surface area contributed by atoms with Crippen molar-refractivity contribution in [2.24, 2.45) is 11.8 Å². The molecule has 0 spiro atoms. The van der Waals surface area contributed by atoms with Crippen LogP contribution in [0.25, 0.3) is 0 Å². The minimum absolute atomic E-state index is 0.00785. The van der Waals surface area contributed by atoms with Crippen LogP contribution in [0.1, 0.15) is 33.1 Å². The molecule has 0 aromatic heterocycles. The van der Waals surface area contributed by atoms with Crippen LogP contribution in [0.5, 0.6) is 0 Å². The molecule has 1 aliphatic heterocycles. The molecule has 1 saturated carbocycles. The van der Waals surface area contributed by atoms with Crippen LogP contribution in [0.4, 0.5) is 0 Å². The van der Waals surface area contributed by atoms with Gasteiger partial charge in [0.1, 0.15) is 0 Å². The van der Waals surface area contributed by atoms with E-state index in [1.165, 1.54) is 12.8 Å². The molecule has 2 amide bonds. The van der Waals surface area contributed by atoms with E-state index in [9.17, 15) is 9.59 Å². The molecule has 90 valence electrons. The summed E-state index contributed by atoms with van der Waals surface area (Å²) in [7, 11) is 0. The summed E-state index contributed by atoms with van der Waals surface area (Å²) < 4.78 is 0. The minimum Gasteiger partial charge on any atom is -0.355 e. The van der Waals surface area contributed by atoms with Gasteiger partial charge in [0.25, 0.3) is 0 Å². The van der Waals surface area contributed by atoms with E-state index in [4.69, 9.17) is 0 Å². The van der Waals surface area contributed by atoms with Gasteiger partial charge < -0.3 is 10.2 Å². The normalized spacial score (nSPS) is 24.7. The van der Waals surface area contributed by atoms with Crippen molar-refractivity contribution < 1.29 is 9.59 Å². The second-order valence-electron chi connectivity index (χ2n) is 5.23. The van der Waals surface area contributed by atoms with Gasteiger partial charge in [0, 0.05) is 25.6 Å². The molecule has 2 aliphatic rings. The number of carbonyl (C=O) groups excluding carboxylic acids is 2. The van der Waals surface area contributed by atoms with Crippen molar-refractivity contribution in [3.05, 3.63) is 0 Å². The van der Waals surface area contributed by atoms with Crippen LogP contribution < -0.4 is 5.32 Å². The monoisotopic (exact) mass is 224 g/mol. The Morgan fingerprint density at radius 1 is 1.50 bits per heavy atom. The Labute approximate surface area is 96.4 Å². The maximum atomic E-state index is 12.2. The molecule has 0 bridgehead atoms. The Morgan fingerprint density at radius 2 is 2.19 bits per heavy atom. The van der Waals surface area contributed by atoms with E-state index in [1.807, 2.05) is 18.7 Å². The Bertz CT molecular complexity index is 297. The fourth-order valence-electron chi connectivity index (χ4n) is 2.15. The fraction of sp³-hybridized carbons (Fsp3) is 0.833. The number of hydrogen-bond donors (Lipinski definition) is 1. The number of rotatable bonds is 4. The Morgan fingerprint density at radius 3 is 2.62 bits per heavy atom. The van der Waals surface area contributed by atoms with Crippen LogP contribution in [0.2, 0.25) is 0 Å². The molecule has 16 heavy (non-hydrogen) atoms. The number of nitrogens with zero attached hydrogens (tertiary/aromatic N) is 1. The number of carbonyl (C=O) groups is 2. The van der Waals surface area contributed by atoms with Crippen molar-refractivity contribution in [2.75, 3.05) is 13.1 Å². The largest absolute Gasteiger partial charge is 0.355 e. The lowest BCUT2D eigenvalue weighted by Crippen LogP contribution is -2.42. The van der Waals surface area contributed by atoms with E-state index in [1.54, 1.807) is 0 Å². The fourth-order valence-corrected chi connectivity index (χ4v) is 2.15. The summed E-state index contributed by atoms with van der Waals surface area (Å²) in [4.78, 5) is 25.3. The highest BCUT2D eigenvalue weighted by atomic mass is 16.2. The van der Waals surface area contributed by atoms with Gasteiger partial charge in [-0.3, -0.25) is 9.59 Å². The van der Waals surface area contributed by atoms with Crippen molar-refractivity contribution in [2.45, 2.75) is 39.2 Å². The van der Waals surface area contributed by atoms with Crippen LogP contribution in [-0.4, -0.2) is 35.8 Å². The summed E-state index contributed by atoms with van der Waals surface area (Å²) >= 11 is 0. The van der Waals surface area contributed by atoms with Gasteiger partial charge in [-0.25, -0.2) is 0 Å². The van der Waals surface area contributed by atoms with Gasteiger partial charge in [0.05, 0.1) is 5.92 Å². The third-order valence-corrected chi connectivity index (χ3v) is 3.38. The second-order valence-corrected chi connectivity index (χ2v) is 5.23. The van der Waals surface area contributed by atoms with Gasteiger partial charge in [-0.05, 0) is 32.6 Å². The molecular formula is C12H20N2O2. The first-order valence-electron chi connectivity index (χ1n) is 6.15. The Kier molecular flexibility index (Phi) is 3.17. The SMILES string of the molecule is CC(C)N(CC1CC1)C(=O)C1CNC(=O)C1. The van der Waals surface area contributed by atoms with E-state index in [-0.39, 0.29) is 23.8 Å². The molecule has 0 aromatic carbocycles. The van der Waals surface area contributed by atoms with Crippen LogP contribution >= 0.6 is 0 Å². The van der Waals surface area contributed by atoms with Crippen molar-refractivity contribution in [1.82, 2.24) is 10.2 Å². The topological polar surface area (TPSA) is 49.4 Å².